The molecule has 0 spiro atoms. The predicted molar refractivity (Wildman–Crippen MR) is 59.4 cm³/mol. The molecule has 0 unspecified atom stereocenters. The van der Waals surface area contributed by atoms with Gasteiger partial charge in [-0.15, -0.1) is 0 Å². The van der Waals surface area contributed by atoms with E-state index in [-0.39, 0.29) is 0 Å². The normalized spacial score (nSPS) is 10.1. The Morgan fingerprint density at radius 1 is 1.38 bits per heavy atom. The van der Waals surface area contributed by atoms with Gasteiger partial charge in [0.1, 0.15) is 5.75 Å². The number of pyridine rings is 1. The summed E-state index contributed by atoms with van der Waals surface area (Å²) in [6.45, 7) is 2.02. The topological polar surface area (TPSA) is 48.4 Å². The molecule has 0 aliphatic carbocycles. The molecule has 4 nitrogen and oxygen atoms in total. The molecule has 1 aromatic heterocycles. The van der Waals surface area contributed by atoms with Crippen LogP contribution in [-0.2, 0) is 4.74 Å². The van der Waals surface area contributed by atoms with Gasteiger partial charge in [-0.05, 0) is 25.1 Å². The van der Waals surface area contributed by atoms with Crippen LogP contribution in [0.3, 0.4) is 0 Å². The quantitative estimate of drug-likeness (QED) is 0.573. The van der Waals surface area contributed by atoms with Crippen molar-refractivity contribution in [2.45, 2.75) is 6.92 Å². The zero-order valence-corrected chi connectivity index (χ0v) is 8.84. The third-order valence-corrected chi connectivity index (χ3v) is 2.04. The predicted octanol–water partition coefficient (Wildman–Crippen LogP) is 2.77. The van der Waals surface area contributed by atoms with E-state index in [1.807, 2.05) is 18.2 Å². The number of ether oxygens (including phenoxy) is 2. The summed E-state index contributed by atoms with van der Waals surface area (Å²) in [5, 5.41) is 0.999. The lowest BCUT2D eigenvalue weighted by molar-refractivity contribution is 0.104. The third kappa shape index (κ3) is 2.28. The second-order valence-electron chi connectivity index (χ2n) is 3.14. The van der Waals surface area contributed by atoms with E-state index >= 15 is 0 Å². The molecule has 0 fully saturated rings. The van der Waals surface area contributed by atoms with E-state index in [0.29, 0.717) is 12.4 Å². The Morgan fingerprint density at radius 3 is 3.06 bits per heavy atom. The van der Waals surface area contributed by atoms with Crippen molar-refractivity contribution in [2.75, 3.05) is 6.61 Å². The second kappa shape index (κ2) is 4.61. The molecule has 1 heterocycles. The van der Waals surface area contributed by atoms with Crippen molar-refractivity contribution in [2.24, 2.45) is 0 Å². The summed E-state index contributed by atoms with van der Waals surface area (Å²) in [5.41, 5.74) is 0.782. The van der Waals surface area contributed by atoms with Crippen LogP contribution < -0.4 is 4.74 Å². The van der Waals surface area contributed by atoms with Gasteiger partial charge in [-0.25, -0.2) is 4.79 Å². The first-order chi connectivity index (χ1) is 7.79. The number of carbonyl (C=O) groups is 1. The van der Waals surface area contributed by atoms with Gasteiger partial charge in [0.2, 0.25) is 0 Å². The van der Waals surface area contributed by atoms with E-state index in [1.54, 1.807) is 25.3 Å². The van der Waals surface area contributed by atoms with Crippen molar-refractivity contribution < 1.29 is 14.3 Å². The van der Waals surface area contributed by atoms with Crippen molar-refractivity contribution in [3.63, 3.8) is 0 Å². The first-order valence-electron chi connectivity index (χ1n) is 4.99. The van der Waals surface area contributed by atoms with Crippen molar-refractivity contribution in [1.29, 1.82) is 0 Å². The standard InChI is InChI=1S/C12H11NO3/c1-2-15-12(14)16-10-6-5-9-4-3-7-13-11(9)8-10/h3-8H,2H2,1H3. The maximum atomic E-state index is 11.1. The molecule has 0 bridgehead atoms. The minimum absolute atomic E-state index is 0.296. The lowest BCUT2D eigenvalue weighted by Crippen LogP contribution is -2.09. The first kappa shape index (κ1) is 10.4. The Bertz CT molecular complexity index is 510. The zero-order valence-electron chi connectivity index (χ0n) is 8.84. The molecular weight excluding hydrogens is 206 g/mol. The van der Waals surface area contributed by atoms with Gasteiger partial charge < -0.3 is 9.47 Å². The molecule has 16 heavy (non-hydrogen) atoms. The summed E-state index contributed by atoms with van der Waals surface area (Å²) >= 11 is 0. The Kier molecular flexibility index (Phi) is 3.00. The van der Waals surface area contributed by atoms with Crippen LogP contribution in [0.5, 0.6) is 5.75 Å². The average Bonchev–Trinajstić information content (AvgIpc) is 2.29. The number of hydrogen-bond acceptors (Lipinski definition) is 4. The summed E-state index contributed by atoms with van der Waals surface area (Å²) < 4.78 is 9.64. The molecular formula is C12H11NO3. The van der Waals surface area contributed by atoms with Crippen LogP contribution in [0.4, 0.5) is 4.79 Å². The molecule has 0 N–H and O–H groups in total. The number of carbonyl (C=O) groups excluding carboxylic acids is 1. The average molecular weight is 217 g/mol. The highest BCUT2D eigenvalue weighted by Gasteiger charge is 2.05. The van der Waals surface area contributed by atoms with Gasteiger partial charge in [0, 0.05) is 17.6 Å². The minimum Gasteiger partial charge on any atom is -0.434 e. The van der Waals surface area contributed by atoms with E-state index in [1.165, 1.54) is 0 Å². The third-order valence-electron chi connectivity index (χ3n) is 2.04. The Morgan fingerprint density at radius 2 is 2.25 bits per heavy atom. The molecule has 0 amide bonds. The first-order valence-corrected chi connectivity index (χ1v) is 4.99. The summed E-state index contributed by atoms with van der Waals surface area (Å²) in [6.07, 6.45) is 0.994. The molecule has 1 aromatic carbocycles. The van der Waals surface area contributed by atoms with Crippen LogP contribution in [-0.4, -0.2) is 17.7 Å². The van der Waals surface area contributed by atoms with E-state index in [9.17, 15) is 4.79 Å². The highest BCUT2D eigenvalue weighted by atomic mass is 16.7. The lowest BCUT2D eigenvalue weighted by Gasteiger charge is -2.04. The zero-order chi connectivity index (χ0) is 11.4. The number of benzene rings is 1. The molecule has 0 saturated heterocycles. The van der Waals surface area contributed by atoms with E-state index in [4.69, 9.17) is 4.74 Å². The summed E-state index contributed by atoms with van der Waals surface area (Å²) in [7, 11) is 0. The van der Waals surface area contributed by atoms with Gasteiger partial charge in [-0.2, -0.15) is 0 Å². The van der Waals surface area contributed by atoms with E-state index in [2.05, 4.69) is 9.72 Å². The summed E-state index contributed by atoms with van der Waals surface area (Å²) in [5.74, 6) is 0.435. The molecule has 0 radical (unpaired) electrons. The maximum absolute atomic E-state index is 11.1. The van der Waals surface area contributed by atoms with Gasteiger partial charge in [0.25, 0.3) is 0 Å². The highest BCUT2D eigenvalue weighted by molar-refractivity contribution is 5.80. The molecule has 82 valence electrons. The molecule has 0 atom stereocenters. The molecule has 4 heteroatoms. The Balaban J connectivity index is 2.22. The van der Waals surface area contributed by atoms with Crippen LogP contribution in [0.1, 0.15) is 6.92 Å². The SMILES string of the molecule is CCOC(=O)Oc1ccc2cccnc2c1. The van der Waals surface area contributed by atoms with Crippen molar-refractivity contribution in [3.05, 3.63) is 36.5 Å². The van der Waals surface area contributed by atoms with Crippen molar-refractivity contribution in [1.82, 2.24) is 4.98 Å². The van der Waals surface area contributed by atoms with Crippen LogP contribution in [0, 0.1) is 0 Å². The van der Waals surface area contributed by atoms with Gasteiger partial charge in [0.05, 0.1) is 12.1 Å². The lowest BCUT2D eigenvalue weighted by atomic mass is 10.2. The van der Waals surface area contributed by atoms with Crippen molar-refractivity contribution in [3.8, 4) is 5.75 Å². The fraction of sp³-hybridized carbons (Fsp3) is 0.167. The highest BCUT2D eigenvalue weighted by Crippen LogP contribution is 2.18. The van der Waals surface area contributed by atoms with Gasteiger partial charge in [-0.1, -0.05) is 6.07 Å². The smallest absolute Gasteiger partial charge is 0.434 e. The molecule has 2 aromatic rings. The molecule has 0 saturated carbocycles. The second-order valence-corrected chi connectivity index (χ2v) is 3.14. The number of aromatic nitrogens is 1. The fourth-order valence-corrected chi connectivity index (χ4v) is 1.35. The van der Waals surface area contributed by atoms with Gasteiger partial charge in [-0.3, -0.25) is 4.98 Å². The number of nitrogens with zero attached hydrogens (tertiary/aromatic N) is 1. The van der Waals surface area contributed by atoms with Crippen molar-refractivity contribution >= 4 is 17.1 Å². The summed E-state index contributed by atoms with van der Waals surface area (Å²) in [6, 6.07) is 9.05. The monoisotopic (exact) mass is 217 g/mol. The summed E-state index contributed by atoms with van der Waals surface area (Å²) in [4.78, 5) is 15.2. The van der Waals surface area contributed by atoms with Crippen LogP contribution in [0.2, 0.25) is 0 Å². The maximum Gasteiger partial charge on any atom is 0.513 e. The minimum atomic E-state index is -0.696. The van der Waals surface area contributed by atoms with Gasteiger partial charge in [0.15, 0.2) is 0 Å². The van der Waals surface area contributed by atoms with Gasteiger partial charge >= 0.3 is 6.16 Å². The van der Waals surface area contributed by atoms with Crippen LogP contribution in [0.15, 0.2) is 36.5 Å². The Labute approximate surface area is 92.8 Å². The Hall–Kier alpha value is -2.10. The fourth-order valence-electron chi connectivity index (χ4n) is 1.35. The molecule has 0 aliphatic rings. The van der Waals surface area contributed by atoms with Crippen LogP contribution in [0.25, 0.3) is 10.9 Å². The largest absolute Gasteiger partial charge is 0.513 e. The van der Waals surface area contributed by atoms with E-state index < -0.39 is 6.16 Å². The number of fused-ring (bicyclic) bond motifs is 1. The molecule has 2 rings (SSSR count). The number of hydrogen-bond donors (Lipinski definition) is 0. The van der Waals surface area contributed by atoms with Crippen LogP contribution >= 0.6 is 0 Å². The molecule has 0 aliphatic heterocycles. The number of rotatable bonds is 2. The van der Waals surface area contributed by atoms with E-state index in [0.717, 1.165) is 10.9 Å².